The number of carbonyl (C=O) groups excluding carboxylic acids is 1. The molecular weight excluding hydrogens is 190 g/mol. The summed E-state index contributed by atoms with van der Waals surface area (Å²) in [5, 5.41) is 2.96. The molecule has 0 saturated carbocycles. The van der Waals surface area contributed by atoms with E-state index in [0.717, 1.165) is 13.0 Å². The number of urea groups is 1. The third-order valence-corrected chi connectivity index (χ3v) is 2.79. The van der Waals surface area contributed by atoms with Crippen molar-refractivity contribution in [3.63, 3.8) is 0 Å². The van der Waals surface area contributed by atoms with E-state index >= 15 is 0 Å². The Morgan fingerprint density at radius 1 is 1.47 bits per heavy atom. The Morgan fingerprint density at radius 2 is 2.07 bits per heavy atom. The molecule has 4 nitrogen and oxygen atoms in total. The van der Waals surface area contributed by atoms with Crippen LogP contribution in [-0.2, 0) is 0 Å². The maximum atomic E-state index is 11.8. The van der Waals surface area contributed by atoms with Gasteiger partial charge in [-0.1, -0.05) is 6.92 Å². The number of hydrogen-bond donors (Lipinski definition) is 2. The number of nitrogens with one attached hydrogen (secondary N) is 1. The first-order valence-corrected chi connectivity index (χ1v) is 5.62. The first kappa shape index (κ1) is 12.3. The second-order valence-electron chi connectivity index (χ2n) is 5.56. The van der Waals surface area contributed by atoms with Crippen LogP contribution < -0.4 is 11.1 Å². The van der Waals surface area contributed by atoms with E-state index in [1.165, 1.54) is 0 Å². The highest BCUT2D eigenvalue weighted by Gasteiger charge is 2.27. The van der Waals surface area contributed by atoms with Crippen molar-refractivity contribution in [1.82, 2.24) is 10.2 Å². The fourth-order valence-electron chi connectivity index (χ4n) is 1.68. The lowest BCUT2D eigenvalue weighted by Crippen LogP contribution is -2.55. The van der Waals surface area contributed by atoms with Gasteiger partial charge < -0.3 is 16.0 Å². The van der Waals surface area contributed by atoms with E-state index in [2.05, 4.69) is 12.2 Å². The molecule has 0 bridgehead atoms. The van der Waals surface area contributed by atoms with Crippen LogP contribution in [0.3, 0.4) is 0 Å². The normalized spacial score (nSPS) is 27.7. The Bertz CT molecular complexity index is 234. The standard InChI is InChI=1S/C11H23N3O/c1-8-5-6-14(7-9(8)12)10(15)13-11(2,3)4/h8-9H,5-7,12H2,1-4H3,(H,13,15). The van der Waals surface area contributed by atoms with Crippen LogP contribution in [0.5, 0.6) is 0 Å². The maximum absolute atomic E-state index is 11.8. The molecule has 2 amide bonds. The molecule has 1 aliphatic heterocycles. The minimum absolute atomic E-state index is 0.00449. The average molecular weight is 213 g/mol. The van der Waals surface area contributed by atoms with Gasteiger partial charge in [-0.3, -0.25) is 0 Å². The minimum Gasteiger partial charge on any atom is -0.333 e. The molecule has 4 heteroatoms. The second kappa shape index (κ2) is 4.39. The Morgan fingerprint density at radius 3 is 2.53 bits per heavy atom. The SMILES string of the molecule is CC1CCN(C(=O)NC(C)(C)C)CC1N. The lowest BCUT2D eigenvalue weighted by Gasteiger charge is -2.36. The van der Waals surface area contributed by atoms with Crippen molar-refractivity contribution in [1.29, 1.82) is 0 Å². The number of hydrogen-bond acceptors (Lipinski definition) is 2. The zero-order chi connectivity index (χ0) is 11.6. The van der Waals surface area contributed by atoms with E-state index in [0.29, 0.717) is 12.5 Å². The van der Waals surface area contributed by atoms with Gasteiger partial charge in [-0.25, -0.2) is 4.79 Å². The molecule has 1 fully saturated rings. The van der Waals surface area contributed by atoms with E-state index in [1.807, 2.05) is 25.7 Å². The van der Waals surface area contributed by atoms with Gasteiger partial charge in [0.05, 0.1) is 0 Å². The van der Waals surface area contributed by atoms with Crippen molar-refractivity contribution >= 4 is 6.03 Å². The van der Waals surface area contributed by atoms with Crippen LogP contribution in [0.1, 0.15) is 34.1 Å². The zero-order valence-electron chi connectivity index (χ0n) is 10.2. The molecule has 1 saturated heterocycles. The fraction of sp³-hybridized carbons (Fsp3) is 0.909. The van der Waals surface area contributed by atoms with Crippen LogP contribution in [0.2, 0.25) is 0 Å². The van der Waals surface area contributed by atoms with Gasteiger partial charge in [-0.2, -0.15) is 0 Å². The van der Waals surface area contributed by atoms with Gasteiger partial charge in [0.25, 0.3) is 0 Å². The molecule has 0 aliphatic carbocycles. The average Bonchev–Trinajstić information content (AvgIpc) is 2.06. The highest BCUT2D eigenvalue weighted by atomic mass is 16.2. The summed E-state index contributed by atoms with van der Waals surface area (Å²) in [4.78, 5) is 13.6. The largest absolute Gasteiger partial charge is 0.333 e. The Balaban J connectivity index is 2.48. The summed E-state index contributed by atoms with van der Waals surface area (Å²) in [5.41, 5.74) is 5.77. The van der Waals surface area contributed by atoms with E-state index in [4.69, 9.17) is 5.73 Å². The van der Waals surface area contributed by atoms with E-state index in [-0.39, 0.29) is 17.6 Å². The predicted octanol–water partition coefficient (Wildman–Crippen LogP) is 1.16. The molecule has 0 aromatic carbocycles. The van der Waals surface area contributed by atoms with Crippen LogP contribution in [0.25, 0.3) is 0 Å². The van der Waals surface area contributed by atoms with Crippen molar-refractivity contribution in [2.75, 3.05) is 13.1 Å². The van der Waals surface area contributed by atoms with Crippen molar-refractivity contribution in [2.24, 2.45) is 11.7 Å². The molecule has 1 rings (SSSR count). The predicted molar refractivity (Wildman–Crippen MR) is 61.6 cm³/mol. The molecule has 0 radical (unpaired) electrons. The summed E-state index contributed by atoms with van der Waals surface area (Å²) < 4.78 is 0. The number of likely N-dealkylation sites (tertiary alicyclic amines) is 1. The first-order valence-electron chi connectivity index (χ1n) is 5.62. The Hall–Kier alpha value is -0.770. The van der Waals surface area contributed by atoms with Gasteiger partial charge in [0.1, 0.15) is 0 Å². The van der Waals surface area contributed by atoms with Gasteiger partial charge in [-0.15, -0.1) is 0 Å². The number of rotatable bonds is 0. The first-order chi connectivity index (χ1) is 6.79. The van der Waals surface area contributed by atoms with E-state index in [1.54, 1.807) is 0 Å². The third-order valence-electron chi connectivity index (χ3n) is 2.79. The summed E-state index contributed by atoms with van der Waals surface area (Å²) in [7, 11) is 0. The molecule has 0 aromatic rings. The summed E-state index contributed by atoms with van der Waals surface area (Å²) in [6.07, 6.45) is 0.999. The molecule has 2 atom stereocenters. The van der Waals surface area contributed by atoms with Gasteiger partial charge in [0.2, 0.25) is 0 Å². The van der Waals surface area contributed by atoms with Gasteiger partial charge >= 0.3 is 6.03 Å². The van der Waals surface area contributed by atoms with Crippen LogP contribution in [0, 0.1) is 5.92 Å². The second-order valence-corrected chi connectivity index (χ2v) is 5.56. The summed E-state index contributed by atoms with van der Waals surface area (Å²) in [6.45, 7) is 9.58. The number of carbonyl (C=O) groups is 1. The van der Waals surface area contributed by atoms with Crippen molar-refractivity contribution < 1.29 is 4.79 Å². The molecule has 0 aromatic heterocycles. The molecule has 15 heavy (non-hydrogen) atoms. The number of piperidine rings is 1. The molecule has 1 heterocycles. The molecular formula is C11H23N3O. The quantitative estimate of drug-likeness (QED) is 0.634. The lowest BCUT2D eigenvalue weighted by atomic mass is 9.94. The zero-order valence-corrected chi connectivity index (χ0v) is 10.2. The number of amides is 2. The topological polar surface area (TPSA) is 58.4 Å². The number of nitrogens with two attached hydrogens (primary N) is 1. The maximum Gasteiger partial charge on any atom is 0.317 e. The van der Waals surface area contributed by atoms with Gasteiger partial charge in [0.15, 0.2) is 0 Å². The number of nitrogens with zero attached hydrogens (tertiary/aromatic N) is 1. The molecule has 88 valence electrons. The van der Waals surface area contributed by atoms with Crippen molar-refractivity contribution in [2.45, 2.75) is 45.7 Å². The molecule has 0 spiro atoms. The Labute approximate surface area is 92.2 Å². The Kier molecular flexibility index (Phi) is 3.60. The summed E-state index contributed by atoms with van der Waals surface area (Å²) in [5.74, 6) is 0.517. The fourth-order valence-corrected chi connectivity index (χ4v) is 1.68. The summed E-state index contributed by atoms with van der Waals surface area (Å²) >= 11 is 0. The van der Waals surface area contributed by atoms with E-state index in [9.17, 15) is 4.79 Å². The van der Waals surface area contributed by atoms with Crippen molar-refractivity contribution in [3.05, 3.63) is 0 Å². The molecule has 2 unspecified atom stereocenters. The van der Waals surface area contributed by atoms with Gasteiger partial charge in [0, 0.05) is 24.7 Å². The van der Waals surface area contributed by atoms with Crippen LogP contribution in [-0.4, -0.2) is 35.6 Å². The monoisotopic (exact) mass is 213 g/mol. The minimum atomic E-state index is -0.176. The third kappa shape index (κ3) is 3.70. The van der Waals surface area contributed by atoms with Gasteiger partial charge in [-0.05, 0) is 33.1 Å². The molecule has 1 aliphatic rings. The summed E-state index contributed by atoms with van der Waals surface area (Å²) in [6, 6.07) is 0.120. The highest BCUT2D eigenvalue weighted by Crippen LogP contribution is 2.15. The van der Waals surface area contributed by atoms with Crippen LogP contribution >= 0.6 is 0 Å². The highest BCUT2D eigenvalue weighted by molar-refractivity contribution is 5.75. The van der Waals surface area contributed by atoms with Crippen LogP contribution in [0.4, 0.5) is 4.79 Å². The van der Waals surface area contributed by atoms with Crippen LogP contribution in [0.15, 0.2) is 0 Å². The smallest absolute Gasteiger partial charge is 0.317 e. The molecule has 3 N–H and O–H groups in total. The lowest BCUT2D eigenvalue weighted by molar-refractivity contribution is 0.156. The van der Waals surface area contributed by atoms with E-state index < -0.39 is 0 Å². The van der Waals surface area contributed by atoms with Crippen molar-refractivity contribution in [3.8, 4) is 0 Å².